The second-order valence-electron chi connectivity index (χ2n) is 7.77. The summed E-state index contributed by atoms with van der Waals surface area (Å²) in [5.74, 6) is -0.462. The van der Waals surface area contributed by atoms with Gasteiger partial charge in [-0.15, -0.1) is 0 Å². The van der Waals surface area contributed by atoms with Gasteiger partial charge in [0.05, 0.1) is 25.9 Å². The number of aromatic amines is 1. The normalized spacial score (nSPS) is 23.4. The molecular weight excluding hydrogens is 463 g/mol. The number of carbonyl (C=O) groups is 1. The van der Waals surface area contributed by atoms with Gasteiger partial charge in [-0.05, 0) is 36.6 Å². The zero-order valence-electron chi connectivity index (χ0n) is 18.1. The highest BCUT2D eigenvalue weighted by atomic mass is 32.5. The molecule has 13 nitrogen and oxygen atoms in total. The lowest BCUT2D eigenvalue weighted by Gasteiger charge is -2.25. The van der Waals surface area contributed by atoms with Crippen molar-refractivity contribution in [2.75, 3.05) is 13.7 Å². The van der Waals surface area contributed by atoms with Crippen LogP contribution >= 0.6 is 6.64 Å². The number of nitrogens with one attached hydrogen (secondary N) is 2. The van der Waals surface area contributed by atoms with Gasteiger partial charge in [-0.1, -0.05) is 19.0 Å². The molecule has 0 aromatic carbocycles. The molecule has 0 bridgehead atoms. The van der Waals surface area contributed by atoms with E-state index in [4.69, 9.17) is 31.3 Å². The van der Waals surface area contributed by atoms with Crippen LogP contribution in [-0.4, -0.2) is 52.3 Å². The highest BCUT2D eigenvalue weighted by molar-refractivity contribution is 8.08. The van der Waals surface area contributed by atoms with Crippen LogP contribution in [0.15, 0.2) is 20.9 Å². The predicted molar refractivity (Wildman–Crippen MR) is 118 cm³/mol. The predicted octanol–water partition coefficient (Wildman–Crippen LogP) is 1.22. The number of hydrogen-bond donors (Lipinski definition) is 3. The van der Waals surface area contributed by atoms with E-state index in [9.17, 15) is 19.3 Å². The number of ether oxygens (including phenoxy) is 2. The Balaban J connectivity index is 2.13. The number of rotatable bonds is 10. The Kier molecular flexibility index (Phi) is 9.17. The number of carbonyl (C=O) groups excluding carboxylic acids is 1. The summed E-state index contributed by atoms with van der Waals surface area (Å²) in [7, 11) is 1.23. The fourth-order valence-corrected chi connectivity index (χ4v) is 4.84. The molecule has 178 valence electrons. The summed E-state index contributed by atoms with van der Waals surface area (Å²) < 4.78 is 17.2. The molecule has 1 saturated heterocycles. The first-order valence-electron chi connectivity index (χ1n) is 9.82. The van der Waals surface area contributed by atoms with Crippen molar-refractivity contribution >= 4 is 24.4 Å². The van der Waals surface area contributed by atoms with E-state index in [-0.39, 0.29) is 18.9 Å². The van der Waals surface area contributed by atoms with E-state index in [1.165, 1.54) is 24.8 Å². The molecule has 32 heavy (non-hydrogen) atoms. The van der Waals surface area contributed by atoms with Crippen molar-refractivity contribution in [2.24, 2.45) is 11.0 Å². The lowest BCUT2D eigenvalue weighted by atomic mass is 10.1. The van der Waals surface area contributed by atoms with Crippen molar-refractivity contribution in [2.45, 2.75) is 58.0 Å². The minimum absolute atomic E-state index is 0.119. The van der Waals surface area contributed by atoms with Gasteiger partial charge in [0.2, 0.25) is 0 Å². The Labute approximate surface area is 188 Å². The molecule has 5 atom stereocenters. The lowest BCUT2D eigenvalue weighted by molar-refractivity contribution is -0.143. The van der Waals surface area contributed by atoms with Gasteiger partial charge < -0.3 is 18.9 Å². The second-order valence-corrected chi connectivity index (χ2v) is 10.8. The van der Waals surface area contributed by atoms with Crippen molar-refractivity contribution in [3.05, 3.63) is 43.0 Å². The molecule has 2 rings (SSSR count). The topological polar surface area (TPSA) is 181 Å². The van der Waals surface area contributed by atoms with Crippen LogP contribution in [0, 0.1) is 12.8 Å². The number of nitrogens with zero attached hydrogens (tertiary/aromatic N) is 4. The van der Waals surface area contributed by atoms with Crippen LogP contribution < -0.4 is 16.3 Å². The molecule has 1 aliphatic rings. The highest BCUT2D eigenvalue weighted by Crippen LogP contribution is 2.41. The van der Waals surface area contributed by atoms with Gasteiger partial charge in [0.25, 0.3) is 12.2 Å². The first-order chi connectivity index (χ1) is 15.0. The molecule has 0 aliphatic carbocycles. The quantitative estimate of drug-likeness (QED) is 0.143. The van der Waals surface area contributed by atoms with E-state index in [0.717, 1.165) is 0 Å². The van der Waals surface area contributed by atoms with Gasteiger partial charge in [0, 0.05) is 23.1 Å². The third-order valence-corrected chi connectivity index (χ3v) is 6.56. The Hall–Kier alpha value is -2.05. The van der Waals surface area contributed by atoms with Gasteiger partial charge >= 0.3 is 11.7 Å². The largest absolute Gasteiger partial charge is 0.468 e. The van der Waals surface area contributed by atoms with Crippen LogP contribution in [-0.2, 0) is 30.6 Å². The number of azide groups is 1. The van der Waals surface area contributed by atoms with Crippen molar-refractivity contribution in [3.8, 4) is 0 Å². The fourth-order valence-electron chi connectivity index (χ4n) is 3.25. The molecule has 0 spiro atoms. The van der Waals surface area contributed by atoms with Gasteiger partial charge in [-0.3, -0.25) is 19.1 Å². The van der Waals surface area contributed by atoms with E-state index < -0.39 is 48.3 Å². The average molecular weight is 490 g/mol. The maximum atomic E-state index is 12.2. The average Bonchev–Trinajstić information content (AvgIpc) is 3.10. The Morgan fingerprint density at radius 2 is 2.25 bits per heavy atom. The minimum Gasteiger partial charge on any atom is -0.468 e. The summed E-state index contributed by atoms with van der Waals surface area (Å²) in [4.78, 5) is 51.3. The summed E-state index contributed by atoms with van der Waals surface area (Å²) >= 11 is 5.12. The summed E-state index contributed by atoms with van der Waals surface area (Å²) in [5.41, 5.74) is 8.00. The molecule has 2 unspecified atom stereocenters. The highest BCUT2D eigenvalue weighted by Gasteiger charge is 2.38. The Bertz CT molecular complexity index is 1040. The summed E-state index contributed by atoms with van der Waals surface area (Å²) in [6, 6.07) is -1.57. The molecule has 0 amide bonds. The molecular formula is C17H27N6O7PS. The molecule has 0 saturated carbocycles. The van der Waals surface area contributed by atoms with Crippen LogP contribution in [0.1, 0.15) is 38.5 Å². The van der Waals surface area contributed by atoms with Crippen LogP contribution in [0.25, 0.3) is 10.4 Å². The first kappa shape index (κ1) is 26.2. The van der Waals surface area contributed by atoms with E-state index in [2.05, 4.69) is 20.1 Å². The molecule has 1 aromatic rings. The number of esters is 1. The maximum Gasteiger partial charge on any atom is 0.330 e. The van der Waals surface area contributed by atoms with Crippen molar-refractivity contribution in [1.82, 2.24) is 14.6 Å². The van der Waals surface area contributed by atoms with Crippen LogP contribution in [0.2, 0.25) is 0 Å². The Morgan fingerprint density at radius 1 is 1.56 bits per heavy atom. The SMILES string of the molecule is COC(=O)C(CC(C)C)NP(O)(=S)OC[C@H]1O[C@@H](n2cc(C)c(=O)[nH]c2=O)C[C@@H]1N=[N+]=[N-]. The number of methoxy groups -OCH3 is 1. The zero-order valence-corrected chi connectivity index (χ0v) is 19.8. The molecule has 1 fully saturated rings. The van der Waals surface area contributed by atoms with Gasteiger partial charge in [-0.25, -0.2) is 9.88 Å². The monoisotopic (exact) mass is 490 g/mol. The third-order valence-electron chi connectivity index (χ3n) is 4.79. The maximum absolute atomic E-state index is 12.2. The van der Waals surface area contributed by atoms with Gasteiger partial charge in [0.1, 0.15) is 12.3 Å². The van der Waals surface area contributed by atoms with Gasteiger partial charge in [-0.2, -0.15) is 0 Å². The molecule has 2 heterocycles. The molecule has 3 N–H and O–H groups in total. The standard InChI is InChI=1S/C17H27N6O7PS/c1-9(2)5-12(16(25)28-4)21-31(27,32)29-8-13-11(20-22-18)6-14(30-13)23-7-10(3)15(24)19-17(23)26/h7,9,11-14H,5-6,8H2,1-4H3,(H,19,24,26)(H2,21,27,32)/t11-,12?,13+,14+,31?/m0/s1. The number of hydrogen-bond acceptors (Lipinski definition) is 8. The molecule has 1 aromatic heterocycles. The second kappa shape index (κ2) is 11.2. The zero-order chi connectivity index (χ0) is 24.1. The van der Waals surface area contributed by atoms with E-state index in [1.807, 2.05) is 13.8 Å². The number of aromatic nitrogens is 2. The summed E-state index contributed by atoms with van der Waals surface area (Å²) in [5, 5.41) is 6.33. The van der Waals surface area contributed by atoms with Gasteiger partial charge in [0.15, 0.2) is 0 Å². The van der Waals surface area contributed by atoms with Crippen molar-refractivity contribution in [3.63, 3.8) is 0 Å². The van der Waals surface area contributed by atoms with E-state index in [1.54, 1.807) is 0 Å². The number of aryl methyl sites for hydroxylation is 1. The first-order valence-corrected chi connectivity index (χ1v) is 12.5. The van der Waals surface area contributed by atoms with Crippen molar-refractivity contribution < 1.29 is 23.7 Å². The number of H-pyrrole nitrogens is 1. The van der Waals surface area contributed by atoms with Crippen LogP contribution in [0.4, 0.5) is 0 Å². The molecule has 0 radical (unpaired) electrons. The summed E-state index contributed by atoms with van der Waals surface area (Å²) in [6.07, 6.45) is 0.215. The molecule has 1 aliphatic heterocycles. The van der Waals surface area contributed by atoms with Crippen LogP contribution in [0.3, 0.4) is 0 Å². The fraction of sp³-hybridized carbons (Fsp3) is 0.706. The summed E-state index contributed by atoms with van der Waals surface area (Å²) in [6.45, 7) is 1.45. The third kappa shape index (κ3) is 6.97. The van der Waals surface area contributed by atoms with Crippen LogP contribution in [0.5, 0.6) is 0 Å². The smallest absolute Gasteiger partial charge is 0.330 e. The van der Waals surface area contributed by atoms with E-state index in [0.29, 0.717) is 12.0 Å². The van der Waals surface area contributed by atoms with E-state index >= 15 is 0 Å². The molecule has 15 heteroatoms. The van der Waals surface area contributed by atoms with Crippen molar-refractivity contribution in [1.29, 1.82) is 0 Å². The minimum atomic E-state index is -3.63. The Morgan fingerprint density at radius 3 is 2.84 bits per heavy atom. The lowest BCUT2D eigenvalue weighted by Crippen LogP contribution is -2.37.